The molecule has 1 aliphatic heterocycles. The van der Waals surface area contributed by atoms with Crippen LogP contribution in [0.4, 0.5) is 11.4 Å². The number of hydrogen-bond donors (Lipinski definition) is 3. The molecule has 5 N–H and O–H groups in total. The van der Waals surface area contributed by atoms with E-state index < -0.39 is 15.6 Å². The van der Waals surface area contributed by atoms with Crippen LogP contribution < -0.4 is 15.8 Å². The van der Waals surface area contributed by atoms with Crippen molar-refractivity contribution in [2.75, 3.05) is 37.4 Å². The standard InChI is InChI=1S/C13H21N3O4S/c1-16(9-13(17)4-6-20-7-5-13)11-3-2-10(14)8-12(11)21(15,18)19/h2-3,8,17H,4-7,9,14H2,1H3,(H2,15,18,19). The molecule has 0 amide bonds. The van der Waals surface area contributed by atoms with Gasteiger partial charge >= 0.3 is 0 Å². The van der Waals surface area contributed by atoms with Crippen molar-refractivity contribution in [1.29, 1.82) is 0 Å². The number of aliphatic hydroxyl groups is 1. The summed E-state index contributed by atoms with van der Waals surface area (Å²) in [6, 6.07) is 4.53. The van der Waals surface area contributed by atoms with E-state index in [-0.39, 0.29) is 4.90 Å². The molecule has 0 spiro atoms. The molecule has 8 heteroatoms. The van der Waals surface area contributed by atoms with E-state index in [1.54, 1.807) is 24.1 Å². The van der Waals surface area contributed by atoms with E-state index in [9.17, 15) is 13.5 Å². The van der Waals surface area contributed by atoms with Crippen molar-refractivity contribution in [2.45, 2.75) is 23.3 Å². The van der Waals surface area contributed by atoms with Crippen molar-refractivity contribution < 1.29 is 18.3 Å². The van der Waals surface area contributed by atoms with Crippen molar-refractivity contribution in [1.82, 2.24) is 0 Å². The van der Waals surface area contributed by atoms with Gasteiger partial charge in [0.05, 0.1) is 11.3 Å². The molecule has 0 bridgehead atoms. The monoisotopic (exact) mass is 315 g/mol. The third kappa shape index (κ3) is 3.85. The number of benzene rings is 1. The van der Waals surface area contributed by atoms with Gasteiger partial charge in [0.15, 0.2) is 0 Å². The highest BCUT2D eigenvalue weighted by Gasteiger charge is 2.32. The topological polar surface area (TPSA) is 119 Å². The summed E-state index contributed by atoms with van der Waals surface area (Å²) in [7, 11) is -2.17. The Hall–Kier alpha value is -1.35. The molecule has 0 aromatic heterocycles. The molecule has 118 valence electrons. The normalized spacial score (nSPS) is 18.4. The molecule has 1 aromatic carbocycles. The molecular formula is C13H21N3O4S. The number of nitrogens with zero attached hydrogens (tertiary/aromatic N) is 1. The Morgan fingerprint density at radius 3 is 2.57 bits per heavy atom. The van der Waals surface area contributed by atoms with Gasteiger partial charge in [0.25, 0.3) is 0 Å². The smallest absolute Gasteiger partial charge is 0.240 e. The van der Waals surface area contributed by atoms with Gasteiger partial charge in [-0.3, -0.25) is 0 Å². The Kier molecular flexibility index (Phi) is 4.43. The van der Waals surface area contributed by atoms with Crippen LogP contribution in [-0.4, -0.2) is 45.9 Å². The number of ether oxygens (including phenoxy) is 1. The van der Waals surface area contributed by atoms with Gasteiger partial charge in [0.1, 0.15) is 4.90 Å². The lowest BCUT2D eigenvalue weighted by atomic mass is 9.94. The van der Waals surface area contributed by atoms with E-state index in [1.807, 2.05) is 0 Å². The van der Waals surface area contributed by atoms with Crippen molar-refractivity contribution in [3.8, 4) is 0 Å². The van der Waals surface area contributed by atoms with Gasteiger partial charge in [-0.05, 0) is 18.2 Å². The van der Waals surface area contributed by atoms with Gasteiger partial charge in [-0.15, -0.1) is 0 Å². The van der Waals surface area contributed by atoms with Gasteiger partial charge < -0.3 is 20.5 Å². The van der Waals surface area contributed by atoms with Crippen molar-refractivity contribution >= 4 is 21.4 Å². The fourth-order valence-electron chi connectivity index (χ4n) is 2.51. The van der Waals surface area contributed by atoms with Crippen LogP contribution in [0.25, 0.3) is 0 Å². The SMILES string of the molecule is CN(CC1(O)CCOCC1)c1ccc(N)cc1S(N)(=O)=O. The van der Waals surface area contributed by atoms with Crippen LogP contribution in [0, 0.1) is 0 Å². The van der Waals surface area contributed by atoms with E-state index in [4.69, 9.17) is 15.6 Å². The highest BCUT2D eigenvalue weighted by Crippen LogP contribution is 2.29. The van der Waals surface area contributed by atoms with Gasteiger partial charge in [-0.25, -0.2) is 13.6 Å². The van der Waals surface area contributed by atoms with Gasteiger partial charge in [0, 0.05) is 45.3 Å². The van der Waals surface area contributed by atoms with Crippen LogP contribution in [0.5, 0.6) is 0 Å². The molecule has 1 saturated heterocycles. The quantitative estimate of drug-likeness (QED) is 0.667. The molecule has 0 aliphatic carbocycles. The molecule has 1 heterocycles. The highest BCUT2D eigenvalue weighted by atomic mass is 32.2. The number of likely N-dealkylation sites (N-methyl/N-ethyl adjacent to an activating group) is 1. The summed E-state index contributed by atoms with van der Waals surface area (Å²) < 4.78 is 28.6. The number of nitrogen functional groups attached to an aromatic ring is 1. The third-order valence-electron chi connectivity index (χ3n) is 3.66. The lowest BCUT2D eigenvalue weighted by Gasteiger charge is -2.36. The Balaban J connectivity index is 2.29. The number of sulfonamides is 1. The molecule has 21 heavy (non-hydrogen) atoms. The summed E-state index contributed by atoms with van der Waals surface area (Å²) in [6.07, 6.45) is 1.02. The molecule has 1 fully saturated rings. The Bertz CT molecular complexity index is 612. The zero-order valence-electron chi connectivity index (χ0n) is 11.9. The maximum absolute atomic E-state index is 11.7. The lowest BCUT2D eigenvalue weighted by molar-refractivity contribution is -0.0573. The Morgan fingerprint density at radius 2 is 2.00 bits per heavy atom. The molecule has 0 unspecified atom stereocenters. The minimum Gasteiger partial charge on any atom is -0.399 e. The summed E-state index contributed by atoms with van der Waals surface area (Å²) >= 11 is 0. The summed E-state index contributed by atoms with van der Waals surface area (Å²) in [5, 5.41) is 15.8. The minimum atomic E-state index is -3.89. The number of rotatable bonds is 4. The highest BCUT2D eigenvalue weighted by molar-refractivity contribution is 7.89. The molecule has 2 rings (SSSR count). The summed E-state index contributed by atoms with van der Waals surface area (Å²) in [6.45, 7) is 1.28. The number of anilines is 2. The Morgan fingerprint density at radius 1 is 1.38 bits per heavy atom. The van der Waals surface area contributed by atoms with Crippen LogP contribution in [0.15, 0.2) is 23.1 Å². The van der Waals surface area contributed by atoms with E-state index in [1.165, 1.54) is 6.07 Å². The number of nitrogens with two attached hydrogens (primary N) is 2. The first-order chi connectivity index (χ1) is 9.71. The predicted molar refractivity (Wildman–Crippen MR) is 80.5 cm³/mol. The third-order valence-corrected chi connectivity index (χ3v) is 4.60. The van der Waals surface area contributed by atoms with E-state index in [0.717, 1.165) is 0 Å². The second-order valence-electron chi connectivity index (χ2n) is 5.46. The number of hydrogen-bond acceptors (Lipinski definition) is 6. The van der Waals surface area contributed by atoms with Crippen molar-refractivity contribution in [3.63, 3.8) is 0 Å². The largest absolute Gasteiger partial charge is 0.399 e. The van der Waals surface area contributed by atoms with E-state index >= 15 is 0 Å². The summed E-state index contributed by atoms with van der Waals surface area (Å²) in [5.74, 6) is 0. The summed E-state index contributed by atoms with van der Waals surface area (Å²) in [4.78, 5) is 1.64. The molecule has 0 radical (unpaired) electrons. The lowest BCUT2D eigenvalue weighted by Crippen LogP contribution is -2.46. The first-order valence-electron chi connectivity index (χ1n) is 6.65. The predicted octanol–water partition coefficient (Wildman–Crippen LogP) is -0.106. The van der Waals surface area contributed by atoms with Gasteiger partial charge in [-0.1, -0.05) is 0 Å². The van der Waals surface area contributed by atoms with Crippen LogP contribution in [0.3, 0.4) is 0 Å². The molecule has 0 saturated carbocycles. The van der Waals surface area contributed by atoms with Gasteiger partial charge in [0.2, 0.25) is 10.0 Å². The van der Waals surface area contributed by atoms with Crippen LogP contribution in [0.1, 0.15) is 12.8 Å². The van der Waals surface area contributed by atoms with Crippen molar-refractivity contribution in [2.24, 2.45) is 5.14 Å². The number of primary sulfonamides is 1. The molecule has 1 aromatic rings. The van der Waals surface area contributed by atoms with Crippen molar-refractivity contribution in [3.05, 3.63) is 18.2 Å². The van der Waals surface area contributed by atoms with Crippen LogP contribution >= 0.6 is 0 Å². The van der Waals surface area contributed by atoms with E-state index in [2.05, 4.69) is 0 Å². The average molecular weight is 315 g/mol. The molecule has 0 atom stereocenters. The maximum Gasteiger partial charge on any atom is 0.240 e. The molecule has 7 nitrogen and oxygen atoms in total. The summed E-state index contributed by atoms with van der Waals surface area (Å²) in [5.41, 5.74) is 5.47. The molecule has 1 aliphatic rings. The fraction of sp³-hybridized carbons (Fsp3) is 0.538. The van der Waals surface area contributed by atoms with Crippen LogP contribution in [-0.2, 0) is 14.8 Å². The molecular weight excluding hydrogens is 294 g/mol. The zero-order chi connectivity index (χ0) is 15.7. The average Bonchev–Trinajstić information content (AvgIpc) is 2.37. The first kappa shape index (κ1) is 16.0. The zero-order valence-corrected chi connectivity index (χ0v) is 12.8. The second kappa shape index (κ2) is 5.80. The van der Waals surface area contributed by atoms with E-state index in [0.29, 0.717) is 44.0 Å². The first-order valence-corrected chi connectivity index (χ1v) is 8.19. The Labute approximate surface area is 124 Å². The second-order valence-corrected chi connectivity index (χ2v) is 6.99. The minimum absolute atomic E-state index is 0.0411. The maximum atomic E-state index is 11.7. The fourth-order valence-corrected chi connectivity index (χ4v) is 3.33. The van der Waals surface area contributed by atoms with Gasteiger partial charge in [-0.2, -0.15) is 0 Å². The van der Waals surface area contributed by atoms with Crippen LogP contribution in [0.2, 0.25) is 0 Å².